The fourth-order valence-electron chi connectivity index (χ4n) is 1.74. The predicted octanol–water partition coefficient (Wildman–Crippen LogP) is 3.90. The van der Waals surface area contributed by atoms with Crippen LogP contribution in [-0.4, -0.2) is 17.3 Å². The lowest BCUT2D eigenvalue weighted by molar-refractivity contribution is 0.380. The van der Waals surface area contributed by atoms with E-state index in [0.29, 0.717) is 6.04 Å². The second-order valence-electron chi connectivity index (χ2n) is 4.63. The van der Waals surface area contributed by atoms with Crippen LogP contribution < -0.4 is 5.32 Å². The van der Waals surface area contributed by atoms with Gasteiger partial charge in [-0.05, 0) is 50.8 Å². The van der Waals surface area contributed by atoms with Gasteiger partial charge in [-0.1, -0.05) is 6.07 Å². The monoisotopic (exact) mass is 268 g/mol. The number of thioether (sulfide) groups is 1. The van der Waals surface area contributed by atoms with Gasteiger partial charge in [0, 0.05) is 6.04 Å². The van der Waals surface area contributed by atoms with Crippen LogP contribution in [0.5, 0.6) is 0 Å². The van der Waals surface area contributed by atoms with Crippen LogP contribution in [0.2, 0.25) is 0 Å². The quantitative estimate of drug-likeness (QED) is 0.602. The van der Waals surface area contributed by atoms with Crippen molar-refractivity contribution in [3.8, 4) is 6.07 Å². The van der Waals surface area contributed by atoms with Crippen molar-refractivity contribution < 1.29 is 0 Å². The molecule has 0 saturated carbocycles. The summed E-state index contributed by atoms with van der Waals surface area (Å²) in [5, 5.41) is 14.6. The largest absolute Gasteiger partial charge is 0.297 e. The number of hydrogen-bond acceptors (Lipinski definition) is 4. The molecule has 1 heterocycles. The maximum atomic E-state index is 9.20. The van der Waals surface area contributed by atoms with Crippen molar-refractivity contribution in [2.24, 2.45) is 0 Å². The van der Waals surface area contributed by atoms with Gasteiger partial charge in [-0.2, -0.15) is 5.26 Å². The minimum absolute atomic E-state index is 0.351. The molecule has 1 atom stereocenters. The predicted molar refractivity (Wildman–Crippen MR) is 76.6 cm³/mol. The average molecular weight is 268 g/mol. The molecule has 1 rings (SSSR count). The SMILES string of the molecule is CC(C)NC(C)(C#N)CCCSc1cccs1. The molecule has 94 valence electrons. The number of hydrogen-bond donors (Lipinski definition) is 1. The minimum Gasteiger partial charge on any atom is -0.297 e. The van der Waals surface area contributed by atoms with Gasteiger partial charge in [-0.3, -0.25) is 5.32 Å². The van der Waals surface area contributed by atoms with Crippen LogP contribution in [-0.2, 0) is 0 Å². The van der Waals surface area contributed by atoms with Gasteiger partial charge in [-0.15, -0.1) is 23.1 Å². The second-order valence-corrected chi connectivity index (χ2v) is 6.97. The first-order chi connectivity index (χ1) is 8.06. The number of thiophene rings is 1. The van der Waals surface area contributed by atoms with Crippen molar-refractivity contribution >= 4 is 23.1 Å². The van der Waals surface area contributed by atoms with Gasteiger partial charge in [0.05, 0.1) is 10.3 Å². The lowest BCUT2D eigenvalue weighted by Crippen LogP contribution is -2.44. The molecule has 0 bridgehead atoms. The third-order valence-corrected chi connectivity index (χ3v) is 4.63. The molecular formula is C13H20N2S2. The summed E-state index contributed by atoms with van der Waals surface area (Å²) in [6.07, 6.45) is 1.96. The highest BCUT2D eigenvalue weighted by Gasteiger charge is 2.23. The molecule has 2 nitrogen and oxygen atoms in total. The van der Waals surface area contributed by atoms with E-state index in [1.807, 2.05) is 18.7 Å². The fraction of sp³-hybridized carbons (Fsp3) is 0.615. The number of nitriles is 1. The molecule has 1 unspecified atom stereocenters. The standard InChI is InChI=1S/C13H20N2S2/c1-11(2)15-13(3,10-14)7-5-9-17-12-6-4-8-16-12/h4,6,8,11,15H,5,7,9H2,1-3H3. The topological polar surface area (TPSA) is 35.8 Å². The van der Waals surface area contributed by atoms with Crippen LogP contribution in [0.1, 0.15) is 33.6 Å². The molecule has 1 aromatic rings. The average Bonchev–Trinajstić information content (AvgIpc) is 2.76. The van der Waals surface area contributed by atoms with E-state index in [-0.39, 0.29) is 5.54 Å². The highest BCUT2D eigenvalue weighted by Crippen LogP contribution is 2.25. The lowest BCUT2D eigenvalue weighted by atomic mass is 9.97. The Hall–Kier alpha value is -0.500. The molecular weight excluding hydrogens is 248 g/mol. The van der Waals surface area contributed by atoms with Gasteiger partial charge in [0.2, 0.25) is 0 Å². The number of nitrogens with one attached hydrogen (secondary N) is 1. The second kappa shape index (κ2) is 7.05. The molecule has 4 heteroatoms. The first-order valence-corrected chi connectivity index (χ1v) is 7.77. The van der Waals surface area contributed by atoms with E-state index >= 15 is 0 Å². The van der Waals surface area contributed by atoms with Gasteiger partial charge in [-0.25, -0.2) is 0 Å². The van der Waals surface area contributed by atoms with E-state index in [1.165, 1.54) is 4.21 Å². The Labute approximate surface area is 112 Å². The Bertz CT molecular complexity index is 354. The highest BCUT2D eigenvalue weighted by atomic mass is 32.2. The fourth-order valence-corrected chi connectivity index (χ4v) is 3.54. The molecule has 0 aliphatic heterocycles. The first-order valence-electron chi connectivity index (χ1n) is 5.91. The third-order valence-electron chi connectivity index (χ3n) is 2.41. The molecule has 0 aliphatic rings. The molecule has 1 N–H and O–H groups in total. The van der Waals surface area contributed by atoms with Crippen LogP contribution in [0.15, 0.2) is 21.7 Å². The van der Waals surface area contributed by atoms with Crippen LogP contribution in [0.3, 0.4) is 0 Å². The zero-order chi connectivity index (χ0) is 12.7. The molecule has 0 aromatic carbocycles. The van der Waals surface area contributed by atoms with E-state index < -0.39 is 0 Å². The first kappa shape index (κ1) is 14.6. The molecule has 1 aromatic heterocycles. The molecule has 0 aliphatic carbocycles. The molecule has 0 fully saturated rings. The van der Waals surface area contributed by atoms with Gasteiger partial charge in [0.15, 0.2) is 0 Å². The maximum absolute atomic E-state index is 9.20. The Morgan fingerprint density at radius 3 is 2.88 bits per heavy atom. The zero-order valence-electron chi connectivity index (χ0n) is 10.7. The minimum atomic E-state index is -0.385. The van der Waals surface area contributed by atoms with E-state index in [2.05, 4.69) is 42.7 Å². The van der Waals surface area contributed by atoms with Gasteiger partial charge in [0.25, 0.3) is 0 Å². The van der Waals surface area contributed by atoms with Crippen molar-refractivity contribution in [2.75, 3.05) is 5.75 Å². The van der Waals surface area contributed by atoms with Crippen molar-refractivity contribution in [3.63, 3.8) is 0 Å². The van der Waals surface area contributed by atoms with Crippen molar-refractivity contribution in [3.05, 3.63) is 17.5 Å². The third kappa shape index (κ3) is 5.58. The van der Waals surface area contributed by atoms with Crippen molar-refractivity contribution in [2.45, 2.75) is 49.4 Å². The van der Waals surface area contributed by atoms with Crippen molar-refractivity contribution in [1.29, 1.82) is 5.26 Å². The summed E-state index contributed by atoms with van der Waals surface area (Å²) in [6.45, 7) is 6.15. The molecule has 17 heavy (non-hydrogen) atoms. The highest BCUT2D eigenvalue weighted by molar-refractivity contribution is 8.01. The lowest BCUT2D eigenvalue weighted by Gasteiger charge is -2.25. The summed E-state index contributed by atoms with van der Waals surface area (Å²) in [4.78, 5) is 0. The molecule has 0 spiro atoms. The zero-order valence-corrected chi connectivity index (χ0v) is 12.3. The van der Waals surface area contributed by atoms with E-state index in [9.17, 15) is 5.26 Å². The van der Waals surface area contributed by atoms with Gasteiger partial charge in [0.1, 0.15) is 5.54 Å². The smallest absolute Gasteiger partial charge is 0.104 e. The summed E-state index contributed by atoms with van der Waals surface area (Å²) >= 11 is 3.66. The summed E-state index contributed by atoms with van der Waals surface area (Å²) in [6, 6.07) is 6.96. The van der Waals surface area contributed by atoms with E-state index in [4.69, 9.17) is 0 Å². The summed E-state index contributed by atoms with van der Waals surface area (Å²) in [5.74, 6) is 1.08. The Balaban J connectivity index is 2.26. The summed E-state index contributed by atoms with van der Waals surface area (Å²) < 4.78 is 1.36. The molecule has 0 saturated heterocycles. The summed E-state index contributed by atoms with van der Waals surface area (Å²) in [7, 11) is 0. The maximum Gasteiger partial charge on any atom is 0.104 e. The Morgan fingerprint density at radius 1 is 1.59 bits per heavy atom. The molecule has 0 amide bonds. The Kier molecular flexibility index (Phi) is 6.04. The van der Waals surface area contributed by atoms with Crippen LogP contribution in [0.25, 0.3) is 0 Å². The van der Waals surface area contributed by atoms with Crippen LogP contribution in [0.4, 0.5) is 0 Å². The molecule has 0 radical (unpaired) electrons. The number of rotatable bonds is 7. The Morgan fingerprint density at radius 2 is 2.35 bits per heavy atom. The van der Waals surface area contributed by atoms with Crippen LogP contribution >= 0.6 is 23.1 Å². The normalized spacial score (nSPS) is 14.5. The van der Waals surface area contributed by atoms with Crippen molar-refractivity contribution in [1.82, 2.24) is 5.32 Å². The number of nitrogens with zero attached hydrogens (tertiary/aromatic N) is 1. The van der Waals surface area contributed by atoms with Crippen LogP contribution in [0, 0.1) is 11.3 Å². The van der Waals surface area contributed by atoms with E-state index in [0.717, 1.165) is 18.6 Å². The van der Waals surface area contributed by atoms with E-state index in [1.54, 1.807) is 11.3 Å². The van der Waals surface area contributed by atoms with Gasteiger partial charge < -0.3 is 0 Å². The summed E-state index contributed by atoms with van der Waals surface area (Å²) in [5.41, 5.74) is -0.385. The van der Waals surface area contributed by atoms with Gasteiger partial charge >= 0.3 is 0 Å².